The highest BCUT2D eigenvalue weighted by Crippen LogP contribution is 2.35. The normalized spacial score (nSPS) is 11.7. The van der Waals surface area contributed by atoms with Crippen LogP contribution in [0.1, 0.15) is 0 Å². The Hall–Kier alpha value is -7.16. The lowest BCUT2D eigenvalue weighted by atomic mass is 9.97. The molecule has 0 aliphatic carbocycles. The van der Waals surface area contributed by atoms with Gasteiger partial charge in [0, 0.05) is 32.7 Å². The molecule has 0 unspecified atom stereocenters. The maximum absolute atomic E-state index is 5.27. The largest absolute Gasteiger partial charge is 0.247 e. The number of nitrogens with zero attached hydrogens (tertiary/aromatic N) is 2. The maximum atomic E-state index is 5.27. The number of benzene rings is 9. The third kappa shape index (κ3) is 5.19. The minimum Gasteiger partial charge on any atom is -0.247 e. The van der Waals surface area contributed by atoms with Crippen LogP contribution in [0, 0.1) is 0 Å². The molecule has 11 aromatic rings. The molecule has 0 radical (unpaired) electrons. The Balaban J connectivity index is 0.950. The van der Waals surface area contributed by atoms with Crippen LogP contribution in [0.25, 0.3) is 110 Å². The average molecular weight is 685 g/mol. The molecule has 2 heteroatoms. The van der Waals surface area contributed by atoms with Gasteiger partial charge >= 0.3 is 0 Å². The predicted octanol–water partition coefficient (Wildman–Crippen LogP) is 14.1. The van der Waals surface area contributed by atoms with E-state index in [9.17, 15) is 0 Å². The van der Waals surface area contributed by atoms with E-state index in [-0.39, 0.29) is 0 Å². The summed E-state index contributed by atoms with van der Waals surface area (Å²) in [7, 11) is 0. The standard InChI is InChI=1S/C52H32N2/c1-3-7-41-29-43(21-9-33(41)5-1)45-23-13-35-11-19-39-25-27-49(53-51(39)47(35)31-45)37-15-17-38(18-16-37)50-28-26-40-20-12-36-14-24-46(32-48(36)52(40)54-50)44-22-10-34-6-2-4-8-42(34)30-44/h1-32H. The highest BCUT2D eigenvalue weighted by molar-refractivity contribution is 6.09. The number of hydrogen-bond acceptors (Lipinski definition) is 2. The Kier molecular flexibility index (Phi) is 6.90. The quantitative estimate of drug-likeness (QED) is 0.172. The van der Waals surface area contributed by atoms with Crippen molar-refractivity contribution < 1.29 is 0 Å². The first-order valence-electron chi connectivity index (χ1n) is 18.5. The highest BCUT2D eigenvalue weighted by atomic mass is 14.7. The third-order valence-corrected chi connectivity index (χ3v) is 11.0. The zero-order valence-electron chi connectivity index (χ0n) is 29.4. The molecule has 0 saturated carbocycles. The summed E-state index contributed by atoms with van der Waals surface area (Å²) in [6.07, 6.45) is 0. The summed E-state index contributed by atoms with van der Waals surface area (Å²) in [5.74, 6) is 0. The zero-order valence-corrected chi connectivity index (χ0v) is 29.4. The SMILES string of the molecule is c1ccc2cc(-c3ccc4ccc5ccc(-c6ccc(-c7ccc8ccc9ccc(-c%10ccc%11ccccc%11c%10)cc9c8n7)cc6)nc5c4c3)ccc2c1. The first-order valence-corrected chi connectivity index (χ1v) is 18.5. The molecular weight excluding hydrogens is 653 g/mol. The highest BCUT2D eigenvalue weighted by Gasteiger charge is 2.11. The van der Waals surface area contributed by atoms with Gasteiger partial charge in [0.15, 0.2) is 0 Å². The second-order valence-corrected chi connectivity index (χ2v) is 14.2. The fourth-order valence-corrected chi connectivity index (χ4v) is 8.04. The molecule has 0 bridgehead atoms. The van der Waals surface area contributed by atoms with Crippen LogP contribution in [0.5, 0.6) is 0 Å². The molecule has 11 rings (SSSR count). The topological polar surface area (TPSA) is 25.8 Å². The van der Waals surface area contributed by atoms with Gasteiger partial charge in [-0.05, 0) is 91.0 Å². The monoisotopic (exact) mass is 684 g/mol. The van der Waals surface area contributed by atoms with Crippen LogP contribution >= 0.6 is 0 Å². The van der Waals surface area contributed by atoms with Gasteiger partial charge in [-0.1, -0.05) is 158 Å². The fourth-order valence-electron chi connectivity index (χ4n) is 8.04. The minimum atomic E-state index is 0.955. The third-order valence-electron chi connectivity index (χ3n) is 11.0. The van der Waals surface area contributed by atoms with E-state index in [2.05, 4.69) is 194 Å². The summed E-state index contributed by atoms with van der Waals surface area (Å²) >= 11 is 0. The van der Waals surface area contributed by atoms with Crippen molar-refractivity contribution >= 4 is 64.9 Å². The Bertz CT molecular complexity index is 3050. The van der Waals surface area contributed by atoms with E-state index in [1.54, 1.807) is 0 Å². The molecule has 250 valence electrons. The molecule has 0 saturated heterocycles. The lowest BCUT2D eigenvalue weighted by molar-refractivity contribution is 1.39. The van der Waals surface area contributed by atoms with Crippen molar-refractivity contribution in [1.29, 1.82) is 0 Å². The van der Waals surface area contributed by atoms with Gasteiger partial charge in [-0.25, -0.2) is 9.97 Å². The second kappa shape index (κ2) is 12.2. The Labute approximate surface area is 312 Å². The van der Waals surface area contributed by atoms with E-state index in [1.165, 1.54) is 54.6 Å². The van der Waals surface area contributed by atoms with Crippen LogP contribution in [0.4, 0.5) is 0 Å². The average Bonchev–Trinajstić information content (AvgIpc) is 3.25. The first kappa shape index (κ1) is 30.5. The molecule has 0 atom stereocenters. The van der Waals surface area contributed by atoms with E-state index < -0.39 is 0 Å². The van der Waals surface area contributed by atoms with Gasteiger partial charge in [-0.3, -0.25) is 0 Å². The van der Waals surface area contributed by atoms with Gasteiger partial charge in [-0.15, -0.1) is 0 Å². The van der Waals surface area contributed by atoms with Crippen molar-refractivity contribution in [3.05, 3.63) is 194 Å². The second-order valence-electron chi connectivity index (χ2n) is 14.2. The van der Waals surface area contributed by atoms with Gasteiger partial charge in [0.25, 0.3) is 0 Å². The van der Waals surface area contributed by atoms with Crippen molar-refractivity contribution in [2.24, 2.45) is 0 Å². The zero-order chi connectivity index (χ0) is 35.6. The molecule has 0 aliphatic rings. The van der Waals surface area contributed by atoms with E-state index in [1.807, 2.05) is 0 Å². The summed E-state index contributed by atoms with van der Waals surface area (Å²) < 4.78 is 0. The minimum absolute atomic E-state index is 0.955. The van der Waals surface area contributed by atoms with E-state index in [4.69, 9.17) is 9.97 Å². The van der Waals surface area contributed by atoms with E-state index in [0.717, 1.165) is 55.1 Å². The number of hydrogen-bond donors (Lipinski definition) is 0. The number of fused-ring (bicyclic) bond motifs is 8. The van der Waals surface area contributed by atoms with Crippen molar-refractivity contribution in [3.63, 3.8) is 0 Å². The summed E-state index contributed by atoms with van der Waals surface area (Å²) in [6.45, 7) is 0. The summed E-state index contributed by atoms with van der Waals surface area (Å²) in [5.41, 5.74) is 10.9. The van der Waals surface area contributed by atoms with Crippen molar-refractivity contribution in [2.75, 3.05) is 0 Å². The van der Waals surface area contributed by atoms with E-state index >= 15 is 0 Å². The molecule has 0 N–H and O–H groups in total. The van der Waals surface area contributed by atoms with Crippen molar-refractivity contribution in [1.82, 2.24) is 9.97 Å². The van der Waals surface area contributed by atoms with Crippen LogP contribution in [-0.2, 0) is 0 Å². The smallest absolute Gasteiger partial charge is 0.0788 e. The predicted molar refractivity (Wildman–Crippen MR) is 229 cm³/mol. The van der Waals surface area contributed by atoms with Gasteiger partial charge < -0.3 is 0 Å². The molecule has 0 fully saturated rings. The van der Waals surface area contributed by atoms with Gasteiger partial charge in [-0.2, -0.15) is 0 Å². The first-order chi connectivity index (χ1) is 26.7. The fraction of sp³-hybridized carbons (Fsp3) is 0. The molecule has 0 aliphatic heterocycles. The molecule has 2 heterocycles. The van der Waals surface area contributed by atoms with E-state index in [0.29, 0.717) is 0 Å². The summed E-state index contributed by atoms with van der Waals surface area (Å²) in [6, 6.07) is 69.9. The maximum Gasteiger partial charge on any atom is 0.0788 e. The number of pyridine rings is 2. The van der Waals surface area contributed by atoms with Gasteiger partial charge in [0.05, 0.1) is 22.4 Å². The molecule has 0 spiro atoms. The number of aromatic nitrogens is 2. The van der Waals surface area contributed by atoms with Crippen LogP contribution in [0.3, 0.4) is 0 Å². The Morgan fingerprint density at radius 3 is 0.981 bits per heavy atom. The molecular formula is C52H32N2. The van der Waals surface area contributed by atoms with Crippen molar-refractivity contribution in [3.8, 4) is 44.8 Å². The van der Waals surface area contributed by atoms with Gasteiger partial charge in [0.1, 0.15) is 0 Å². The molecule has 2 nitrogen and oxygen atoms in total. The molecule has 0 amide bonds. The summed E-state index contributed by atoms with van der Waals surface area (Å²) in [4.78, 5) is 10.5. The van der Waals surface area contributed by atoms with Crippen LogP contribution in [-0.4, -0.2) is 9.97 Å². The summed E-state index contributed by atoms with van der Waals surface area (Å²) in [5, 5.41) is 12.0. The Morgan fingerprint density at radius 2 is 0.537 bits per heavy atom. The van der Waals surface area contributed by atoms with Crippen LogP contribution in [0.15, 0.2) is 194 Å². The lowest BCUT2D eigenvalue weighted by Gasteiger charge is -2.11. The van der Waals surface area contributed by atoms with Gasteiger partial charge in [0.2, 0.25) is 0 Å². The molecule has 9 aromatic carbocycles. The van der Waals surface area contributed by atoms with Crippen molar-refractivity contribution in [2.45, 2.75) is 0 Å². The Morgan fingerprint density at radius 1 is 0.222 bits per heavy atom. The molecule has 54 heavy (non-hydrogen) atoms. The molecule has 2 aromatic heterocycles. The number of rotatable bonds is 4. The van der Waals surface area contributed by atoms with Crippen LogP contribution in [0.2, 0.25) is 0 Å². The van der Waals surface area contributed by atoms with Crippen LogP contribution < -0.4 is 0 Å². The lowest BCUT2D eigenvalue weighted by Crippen LogP contribution is -1.90.